The van der Waals surface area contributed by atoms with Gasteiger partial charge in [0.2, 0.25) is 0 Å². The minimum atomic E-state index is -1.95. The number of nitrogens with zero attached hydrogens (tertiary/aromatic N) is 1. The number of allylic oxidation sites excluding steroid dienone is 1. The summed E-state index contributed by atoms with van der Waals surface area (Å²) in [6, 6.07) is 13.6. The van der Waals surface area contributed by atoms with E-state index in [1.807, 2.05) is 6.08 Å². The number of rotatable bonds is 6. The van der Waals surface area contributed by atoms with Crippen molar-refractivity contribution in [1.82, 2.24) is 4.90 Å². The van der Waals surface area contributed by atoms with Gasteiger partial charge in [0.25, 0.3) is 0 Å². The molecule has 1 saturated heterocycles. The molecule has 2 aliphatic rings. The Hall–Kier alpha value is -2.26. The van der Waals surface area contributed by atoms with Gasteiger partial charge in [0.1, 0.15) is 12.4 Å². The molecule has 1 aliphatic carbocycles. The van der Waals surface area contributed by atoms with Gasteiger partial charge in [0, 0.05) is 24.3 Å². The average Bonchev–Trinajstić information content (AvgIpc) is 3.34. The van der Waals surface area contributed by atoms with Crippen molar-refractivity contribution >= 4 is 19.3 Å². The van der Waals surface area contributed by atoms with E-state index in [-0.39, 0.29) is 0 Å². The van der Waals surface area contributed by atoms with Gasteiger partial charge in [0.15, 0.2) is 0 Å². The van der Waals surface area contributed by atoms with Gasteiger partial charge in [-0.25, -0.2) is 0 Å². The number of hydrogen-bond acceptors (Lipinski definition) is 2. The maximum Gasteiger partial charge on any atom is 0.121 e. The van der Waals surface area contributed by atoms with Crippen LogP contribution in [0.4, 0.5) is 0 Å². The van der Waals surface area contributed by atoms with E-state index in [1.165, 1.54) is 59.1 Å². The highest BCUT2D eigenvalue weighted by molar-refractivity contribution is 6.92. The van der Waals surface area contributed by atoms with E-state index >= 15 is 0 Å². The first-order valence-corrected chi connectivity index (χ1v) is 13.9. The Bertz CT molecular complexity index is 953. The topological polar surface area (TPSA) is 12.5 Å². The molecular weight excluding hydrogens is 370 g/mol. The van der Waals surface area contributed by atoms with Crippen LogP contribution in [0.5, 0.6) is 5.75 Å². The summed E-state index contributed by atoms with van der Waals surface area (Å²) >= 11 is 0. The standard InChI is InChI=1S/C26H33NOSi/c1-6-15-28-25-20(3)16-19(2)17-24(25)29(4,5)26-22-12-8-7-11-21(22)18-23(26)27-13-9-10-14-27/h6-8,11-12,16-18,26H,1,9-10,13-15H2,2-5H3. The Morgan fingerprint density at radius 3 is 2.59 bits per heavy atom. The molecule has 0 amide bonds. The second kappa shape index (κ2) is 7.87. The normalized spacial score (nSPS) is 18.6. The molecule has 2 aromatic carbocycles. The summed E-state index contributed by atoms with van der Waals surface area (Å²) in [5.41, 5.74) is 7.46. The molecule has 29 heavy (non-hydrogen) atoms. The van der Waals surface area contributed by atoms with Crippen LogP contribution in [0.15, 0.2) is 54.8 Å². The SMILES string of the molecule is C=CCOc1c(C)cc(C)cc1[Si](C)(C)C1C(N2CCCC2)=Cc2ccccc21. The molecule has 1 fully saturated rings. The predicted octanol–water partition coefficient (Wildman–Crippen LogP) is 5.56. The van der Waals surface area contributed by atoms with Gasteiger partial charge in [-0.2, -0.15) is 0 Å². The van der Waals surface area contributed by atoms with Crippen molar-refractivity contribution in [2.45, 2.75) is 45.3 Å². The van der Waals surface area contributed by atoms with Crippen LogP contribution < -0.4 is 9.92 Å². The van der Waals surface area contributed by atoms with Gasteiger partial charge in [-0.05, 0) is 54.6 Å². The van der Waals surface area contributed by atoms with Gasteiger partial charge in [-0.1, -0.05) is 67.7 Å². The molecule has 0 N–H and O–H groups in total. The molecule has 0 spiro atoms. The molecule has 1 unspecified atom stereocenters. The van der Waals surface area contributed by atoms with E-state index in [0.29, 0.717) is 12.1 Å². The summed E-state index contributed by atoms with van der Waals surface area (Å²) in [4.78, 5) is 2.65. The molecule has 1 atom stereocenters. The molecule has 2 nitrogen and oxygen atoms in total. The first kappa shape index (κ1) is 20.0. The summed E-state index contributed by atoms with van der Waals surface area (Å²) in [5, 5.41) is 1.43. The van der Waals surface area contributed by atoms with Crippen molar-refractivity contribution in [3.63, 3.8) is 0 Å². The first-order chi connectivity index (χ1) is 13.9. The highest BCUT2D eigenvalue weighted by Crippen LogP contribution is 2.45. The highest BCUT2D eigenvalue weighted by atomic mass is 28.3. The predicted molar refractivity (Wildman–Crippen MR) is 127 cm³/mol. The van der Waals surface area contributed by atoms with E-state index in [4.69, 9.17) is 4.74 Å². The van der Waals surface area contributed by atoms with Crippen molar-refractivity contribution in [2.75, 3.05) is 19.7 Å². The largest absolute Gasteiger partial charge is 0.489 e. The summed E-state index contributed by atoms with van der Waals surface area (Å²) in [6.45, 7) is 16.2. The Kier molecular flexibility index (Phi) is 5.43. The third-order valence-electron chi connectivity index (χ3n) is 6.56. The molecule has 152 valence electrons. The van der Waals surface area contributed by atoms with Crippen LogP contribution in [0.25, 0.3) is 6.08 Å². The fraction of sp³-hybridized carbons (Fsp3) is 0.385. The van der Waals surface area contributed by atoms with Crippen LogP contribution in [-0.4, -0.2) is 32.7 Å². The molecule has 0 radical (unpaired) electrons. The maximum absolute atomic E-state index is 6.25. The number of ether oxygens (including phenoxy) is 1. The smallest absolute Gasteiger partial charge is 0.121 e. The van der Waals surface area contributed by atoms with Crippen molar-refractivity contribution in [2.24, 2.45) is 0 Å². The lowest BCUT2D eigenvalue weighted by atomic mass is 10.1. The maximum atomic E-state index is 6.25. The van der Waals surface area contributed by atoms with Gasteiger partial charge < -0.3 is 9.64 Å². The van der Waals surface area contributed by atoms with Gasteiger partial charge in [-0.15, -0.1) is 0 Å². The fourth-order valence-corrected chi connectivity index (χ4v) is 9.05. The van der Waals surface area contributed by atoms with Gasteiger partial charge >= 0.3 is 0 Å². The van der Waals surface area contributed by atoms with Crippen molar-refractivity contribution in [1.29, 1.82) is 0 Å². The molecule has 4 rings (SSSR count). The van der Waals surface area contributed by atoms with E-state index in [1.54, 1.807) is 0 Å². The Morgan fingerprint density at radius 1 is 1.14 bits per heavy atom. The lowest BCUT2D eigenvalue weighted by molar-refractivity contribution is 0.363. The molecule has 0 bridgehead atoms. The first-order valence-electron chi connectivity index (χ1n) is 10.8. The van der Waals surface area contributed by atoms with Crippen LogP contribution in [0.3, 0.4) is 0 Å². The van der Waals surface area contributed by atoms with E-state index in [2.05, 4.69) is 80.9 Å². The van der Waals surface area contributed by atoms with Crippen LogP contribution in [0.1, 0.15) is 40.6 Å². The Labute approximate surface area is 176 Å². The molecular formula is C26H33NOSi. The second-order valence-electron chi connectivity index (χ2n) is 9.11. The zero-order chi connectivity index (χ0) is 20.6. The van der Waals surface area contributed by atoms with E-state index in [9.17, 15) is 0 Å². The molecule has 1 heterocycles. The average molecular weight is 404 g/mol. The van der Waals surface area contributed by atoms with Gasteiger partial charge in [-0.3, -0.25) is 0 Å². The van der Waals surface area contributed by atoms with E-state index < -0.39 is 8.07 Å². The zero-order valence-electron chi connectivity index (χ0n) is 18.3. The third-order valence-corrected chi connectivity index (χ3v) is 10.4. The summed E-state index contributed by atoms with van der Waals surface area (Å²) < 4.78 is 6.25. The van der Waals surface area contributed by atoms with Crippen molar-refractivity contribution < 1.29 is 4.74 Å². The molecule has 2 aromatic rings. The minimum absolute atomic E-state index is 0.462. The molecule has 3 heteroatoms. The number of fused-ring (bicyclic) bond motifs is 1. The van der Waals surface area contributed by atoms with Crippen LogP contribution in [-0.2, 0) is 0 Å². The quantitative estimate of drug-likeness (QED) is 0.463. The van der Waals surface area contributed by atoms with Crippen molar-refractivity contribution in [3.05, 3.63) is 77.0 Å². The minimum Gasteiger partial charge on any atom is -0.489 e. The summed E-state index contributed by atoms with van der Waals surface area (Å²) in [5.74, 6) is 1.08. The van der Waals surface area contributed by atoms with Gasteiger partial charge in [0.05, 0.1) is 8.07 Å². The highest BCUT2D eigenvalue weighted by Gasteiger charge is 2.44. The van der Waals surface area contributed by atoms with Crippen LogP contribution in [0, 0.1) is 13.8 Å². The number of aryl methyl sites for hydroxylation is 2. The summed E-state index contributed by atoms with van der Waals surface area (Å²) in [7, 11) is -1.95. The molecule has 0 aromatic heterocycles. The lowest BCUT2D eigenvalue weighted by Gasteiger charge is -2.38. The van der Waals surface area contributed by atoms with E-state index in [0.717, 1.165) is 5.75 Å². The monoisotopic (exact) mass is 403 g/mol. The fourth-order valence-electron chi connectivity index (χ4n) is 5.24. The third kappa shape index (κ3) is 3.57. The van der Waals surface area contributed by atoms with Crippen LogP contribution in [0.2, 0.25) is 13.1 Å². The molecule has 0 saturated carbocycles. The number of benzene rings is 2. The van der Waals surface area contributed by atoms with Crippen LogP contribution >= 0.6 is 0 Å². The Morgan fingerprint density at radius 2 is 1.86 bits per heavy atom. The number of hydrogen-bond donors (Lipinski definition) is 0. The second-order valence-corrected chi connectivity index (χ2v) is 13.7. The molecule has 1 aliphatic heterocycles. The summed E-state index contributed by atoms with van der Waals surface area (Å²) in [6.07, 6.45) is 6.92. The number of likely N-dealkylation sites (tertiary alicyclic amines) is 1. The zero-order valence-corrected chi connectivity index (χ0v) is 19.3. The Balaban J connectivity index is 1.85. The van der Waals surface area contributed by atoms with Crippen molar-refractivity contribution in [3.8, 4) is 5.75 Å². The lowest BCUT2D eigenvalue weighted by Crippen LogP contribution is -2.50.